The van der Waals surface area contributed by atoms with E-state index in [2.05, 4.69) is 23.8 Å². The largest absolute Gasteiger partial charge is 0.368 e. The van der Waals surface area contributed by atoms with Gasteiger partial charge in [0.25, 0.3) is 0 Å². The molecule has 104 valence electrons. The molecular weight excluding hydrogens is 256 g/mol. The van der Waals surface area contributed by atoms with Crippen molar-refractivity contribution in [3.8, 4) is 11.3 Å². The van der Waals surface area contributed by atoms with Gasteiger partial charge in [0.05, 0.1) is 4.92 Å². The van der Waals surface area contributed by atoms with Crippen LogP contribution in [-0.4, -0.2) is 14.9 Å². The maximum absolute atomic E-state index is 11.1. The molecule has 0 aliphatic heterocycles. The van der Waals surface area contributed by atoms with Gasteiger partial charge >= 0.3 is 5.69 Å². The molecule has 0 unspecified atom stereocenters. The van der Waals surface area contributed by atoms with Crippen LogP contribution in [0, 0.1) is 16.0 Å². The van der Waals surface area contributed by atoms with Crippen LogP contribution in [0.4, 0.5) is 11.6 Å². The molecule has 0 bridgehead atoms. The molecule has 2 N–H and O–H groups in total. The first-order valence-corrected chi connectivity index (χ1v) is 6.33. The first-order chi connectivity index (χ1) is 9.47. The summed E-state index contributed by atoms with van der Waals surface area (Å²) >= 11 is 0. The van der Waals surface area contributed by atoms with Crippen LogP contribution >= 0.6 is 0 Å². The molecule has 1 aromatic carbocycles. The zero-order valence-electron chi connectivity index (χ0n) is 11.4. The van der Waals surface area contributed by atoms with Crippen molar-refractivity contribution in [2.75, 3.05) is 5.73 Å². The van der Waals surface area contributed by atoms with Crippen molar-refractivity contribution in [2.45, 2.75) is 20.3 Å². The van der Waals surface area contributed by atoms with Crippen LogP contribution in [0.5, 0.6) is 0 Å². The molecule has 6 nitrogen and oxygen atoms in total. The highest BCUT2D eigenvalue weighted by Gasteiger charge is 2.18. The fourth-order valence-corrected chi connectivity index (χ4v) is 2.05. The number of aromatic nitrogens is 2. The maximum atomic E-state index is 11.1. The van der Waals surface area contributed by atoms with Crippen molar-refractivity contribution in [3.63, 3.8) is 0 Å². The van der Waals surface area contributed by atoms with Gasteiger partial charge in [-0.1, -0.05) is 32.0 Å². The van der Waals surface area contributed by atoms with Gasteiger partial charge < -0.3 is 5.73 Å². The molecule has 1 heterocycles. The van der Waals surface area contributed by atoms with Crippen LogP contribution in [0.1, 0.15) is 19.4 Å². The van der Waals surface area contributed by atoms with Gasteiger partial charge in [-0.05, 0) is 24.0 Å². The third-order valence-corrected chi connectivity index (χ3v) is 2.83. The van der Waals surface area contributed by atoms with Gasteiger partial charge in [-0.25, -0.2) is 9.97 Å². The zero-order valence-corrected chi connectivity index (χ0v) is 11.4. The quantitative estimate of drug-likeness (QED) is 0.682. The highest BCUT2D eigenvalue weighted by molar-refractivity contribution is 5.70. The second-order valence-corrected chi connectivity index (χ2v) is 5.02. The molecule has 0 saturated carbocycles. The summed E-state index contributed by atoms with van der Waals surface area (Å²) in [6.07, 6.45) is 2.05. The van der Waals surface area contributed by atoms with Gasteiger partial charge in [0.15, 0.2) is 5.69 Å². The van der Waals surface area contributed by atoms with E-state index in [1.165, 1.54) is 0 Å². The normalized spacial score (nSPS) is 10.8. The van der Waals surface area contributed by atoms with Crippen molar-refractivity contribution >= 4 is 11.6 Å². The first-order valence-electron chi connectivity index (χ1n) is 6.33. The molecule has 2 rings (SSSR count). The molecule has 2 aromatic rings. The fraction of sp³-hybridized carbons (Fsp3) is 0.286. The average Bonchev–Trinajstić information content (AvgIpc) is 2.37. The Balaban J connectivity index is 2.50. The Hall–Kier alpha value is -2.50. The summed E-state index contributed by atoms with van der Waals surface area (Å²) < 4.78 is 0. The van der Waals surface area contributed by atoms with E-state index in [0.29, 0.717) is 11.5 Å². The predicted molar refractivity (Wildman–Crippen MR) is 77.1 cm³/mol. The lowest BCUT2D eigenvalue weighted by atomic mass is 9.99. The third-order valence-electron chi connectivity index (χ3n) is 2.83. The lowest BCUT2D eigenvalue weighted by Crippen LogP contribution is -2.01. The van der Waals surface area contributed by atoms with Gasteiger partial charge in [-0.2, -0.15) is 0 Å². The Morgan fingerprint density at radius 1 is 1.40 bits per heavy atom. The van der Waals surface area contributed by atoms with Crippen LogP contribution in [0.15, 0.2) is 30.5 Å². The molecule has 0 radical (unpaired) electrons. The van der Waals surface area contributed by atoms with Crippen molar-refractivity contribution in [1.82, 2.24) is 9.97 Å². The van der Waals surface area contributed by atoms with E-state index in [0.717, 1.165) is 18.2 Å². The minimum absolute atomic E-state index is 0.0277. The summed E-state index contributed by atoms with van der Waals surface area (Å²) in [6, 6.07) is 7.57. The van der Waals surface area contributed by atoms with Crippen LogP contribution in [0.25, 0.3) is 11.3 Å². The molecule has 20 heavy (non-hydrogen) atoms. The summed E-state index contributed by atoms with van der Waals surface area (Å²) in [6.45, 7) is 4.25. The Bertz CT molecular complexity index is 641. The van der Waals surface area contributed by atoms with Gasteiger partial charge in [-0.3, -0.25) is 10.1 Å². The van der Waals surface area contributed by atoms with E-state index in [-0.39, 0.29) is 17.3 Å². The predicted octanol–water partition coefficient (Wildman–Crippen LogP) is 2.83. The van der Waals surface area contributed by atoms with Gasteiger partial charge in [0.2, 0.25) is 5.95 Å². The van der Waals surface area contributed by atoms with E-state index in [1.54, 1.807) is 6.07 Å². The molecule has 0 spiro atoms. The van der Waals surface area contributed by atoms with Crippen LogP contribution in [0.3, 0.4) is 0 Å². The van der Waals surface area contributed by atoms with Gasteiger partial charge in [-0.15, -0.1) is 0 Å². The number of nitro groups is 1. The van der Waals surface area contributed by atoms with Crippen molar-refractivity contribution in [2.24, 2.45) is 5.92 Å². The highest BCUT2D eigenvalue weighted by Crippen LogP contribution is 2.28. The van der Waals surface area contributed by atoms with Gasteiger partial charge in [0.1, 0.15) is 6.20 Å². The summed E-state index contributed by atoms with van der Waals surface area (Å²) in [7, 11) is 0. The first kappa shape index (κ1) is 13.9. The summed E-state index contributed by atoms with van der Waals surface area (Å²) in [5.74, 6) is 0.538. The monoisotopic (exact) mass is 272 g/mol. The number of anilines is 1. The minimum Gasteiger partial charge on any atom is -0.368 e. The highest BCUT2D eigenvalue weighted by atomic mass is 16.6. The molecule has 1 aromatic heterocycles. The zero-order chi connectivity index (χ0) is 14.7. The molecule has 0 aliphatic rings. The molecule has 6 heteroatoms. The Morgan fingerprint density at radius 2 is 2.15 bits per heavy atom. The average molecular weight is 272 g/mol. The van der Waals surface area contributed by atoms with E-state index in [4.69, 9.17) is 5.73 Å². The number of benzene rings is 1. The lowest BCUT2D eigenvalue weighted by Gasteiger charge is -2.08. The summed E-state index contributed by atoms with van der Waals surface area (Å²) in [4.78, 5) is 18.2. The Morgan fingerprint density at radius 3 is 2.80 bits per heavy atom. The van der Waals surface area contributed by atoms with Gasteiger partial charge in [0, 0.05) is 5.56 Å². The van der Waals surface area contributed by atoms with Crippen molar-refractivity contribution in [1.29, 1.82) is 0 Å². The maximum Gasteiger partial charge on any atom is 0.313 e. The lowest BCUT2D eigenvalue weighted by molar-refractivity contribution is -0.384. The molecule has 0 aliphatic carbocycles. The number of nitrogens with zero attached hydrogens (tertiary/aromatic N) is 3. The molecule has 0 atom stereocenters. The van der Waals surface area contributed by atoms with Crippen LogP contribution in [0.2, 0.25) is 0 Å². The number of hydrogen-bond donors (Lipinski definition) is 1. The number of rotatable bonds is 4. The molecular formula is C14H16N4O2. The minimum atomic E-state index is -0.496. The second-order valence-electron chi connectivity index (χ2n) is 5.02. The molecule has 0 amide bonds. The van der Waals surface area contributed by atoms with E-state index in [9.17, 15) is 10.1 Å². The summed E-state index contributed by atoms with van der Waals surface area (Å²) in [5, 5.41) is 11.1. The topological polar surface area (TPSA) is 94.9 Å². The molecule has 0 saturated heterocycles. The standard InChI is InChI=1S/C14H16N4O2/c1-9(2)6-10-4-3-5-11(7-10)13-12(18(19)20)8-16-14(15)17-13/h3-5,7-9H,6H2,1-2H3,(H2,15,16,17). The number of hydrogen-bond acceptors (Lipinski definition) is 5. The SMILES string of the molecule is CC(C)Cc1cccc(-c2nc(N)ncc2[N+](=O)[O-])c1. The summed E-state index contributed by atoms with van der Waals surface area (Å²) in [5.41, 5.74) is 7.46. The molecule has 0 fully saturated rings. The number of nitrogens with two attached hydrogens (primary N) is 1. The number of nitrogen functional groups attached to an aromatic ring is 1. The smallest absolute Gasteiger partial charge is 0.313 e. The Labute approximate surface area is 116 Å². The van der Waals surface area contributed by atoms with Crippen LogP contribution in [-0.2, 0) is 6.42 Å². The van der Waals surface area contributed by atoms with E-state index >= 15 is 0 Å². The van der Waals surface area contributed by atoms with E-state index < -0.39 is 4.92 Å². The Kier molecular flexibility index (Phi) is 3.93. The second kappa shape index (κ2) is 5.64. The van der Waals surface area contributed by atoms with E-state index in [1.807, 2.05) is 18.2 Å². The van der Waals surface area contributed by atoms with Crippen molar-refractivity contribution in [3.05, 3.63) is 46.1 Å². The van der Waals surface area contributed by atoms with Crippen molar-refractivity contribution < 1.29 is 4.92 Å². The fourth-order valence-electron chi connectivity index (χ4n) is 2.05. The third kappa shape index (κ3) is 3.09. The van der Waals surface area contributed by atoms with Crippen LogP contribution < -0.4 is 5.73 Å².